The molecule has 5 heteroatoms. The summed E-state index contributed by atoms with van der Waals surface area (Å²) in [6.45, 7) is 1.98. The summed E-state index contributed by atoms with van der Waals surface area (Å²) in [6, 6.07) is 17.1. The highest BCUT2D eigenvalue weighted by molar-refractivity contribution is 6.04. The molecule has 2 aromatic rings. The largest absolute Gasteiger partial charge is 0.348 e. The first-order valence-electron chi connectivity index (χ1n) is 10.6. The van der Waals surface area contributed by atoms with Crippen molar-refractivity contribution in [3.8, 4) is 0 Å². The van der Waals surface area contributed by atoms with E-state index in [4.69, 9.17) is 0 Å². The molecule has 1 saturated carbocycles. The van der Waals surface area contributed by atoms with Gasteiger partial charge in [0.1, 0.15) is 0 Å². The molecular weight excluding hydrogens is 362 g/mol. The molecular formula is C24H29N3O2. The normalized spacial score (nSPS) is 24.4. The van der Waals surface area contributed by atoms with E-state index >= 15 is 0 Å². The third-order valence-electron chi connectivity index (χ3n) is 6.22. The minimum Gasteiger partial charge on any atom is -0.348 e. The lowest BCUT2D eigenvalue weighted by Crippen LogP contribution is -2.43. The molecule has 4 rings (SSSR count). The van der Waals surface area contributed by atoms with Gasteiger partial charge in [-0.1, -0.05) is 43.2 Å². The fraction of sp³-hybridized carbons (Fsp3) is 0.417. The molecule has 5 nitrogen and oxygen atoms in total. The van der Waals surface area contributed by atoms with Crippen LogP contribution in [0.2, 0.25) is 0 Å². The lowest BCUT2D eigenvalue weighted by atomic mass is 9.85. The Labute approximate surface area is 172 Å². The zero-order valence-electron chi connectivity index (χ0n) is 16.9. The highest BCUT2D eigenvalue weighted by atomic mass is 16.2. The zero-order chi connectivity index (χ0) is 20.2. The van der Waals surface area contributed by atoms with Crippen molar-refractivity contribution in [1.29, 1.82) is 0 Å². The SMILES string of the molecule is CC(NC(=O)C1CC2CCCCC2N1)c1cccc(NC(=O)c2ccccc2)c1. The minimum absolute atomic E-state index is 0.0747. The van der Waals surface area contributed by atoms with Crippen molar-refractivity contribution >= 4 is 17.5 Å². The summed E-state index contributed by atoms with van der Waals surface area (Å²) >= 11 is 0. The van der Waals surface area contributed by atoms with Crippen molar-refractivity contribution in [2.45, 2.75) is 57.2 Å². The number of nitrogens with one attached hydrogen (secondary N) is 3. The molecule has 0 spiro atoms. The predicted octanol–water partition coefficient (Wildman–Crippen LogP) is 4.04. The van der Waals surface area contributed by atoms with Crippen LogP contribution in [0, 0.1) is 5.92 Å². The number of hydrogen-bond acceptors (Lipinski definition) is 3. The third kappa shape index (κ3) is 4.67. The molecule has 1 saturated heterocycles. The van der Waals surface area contributed by atoms with Gasteiger partial charge in [-0.25, -0.2) is 0 Å². The Kier molecular flexibility index (Phi) is 5.95. The molecule has 1 aliphatic heterocycles. The smallest absolute Gasteiger partial charge is 0.255 e. The second-order valence-electron chi connectivity index (χ2n) is 8.28. The van der Waals surface area contributed by atoms with E-state index in [1.807, 2.05) is 49.4 Å². The second kappa shape index (κ2) is 8.78. The number of benzene rings is 2. The Morgan fingerprint density at radius 2 is 1.83 bits per heavy atom. The fourth-order valence-electron chi connectivity index (χ4n) is 4.60. The lowest BCUT2D eigenvalue weighted by Gasteiger charge is -2.24. The fourth-order valence-corrected chi connectivity index (χ4v) is 4.60. The Morgan fingerprint density at radius 3 is 2.62 bits per heavy atom. The Balaban J connectivity index is 1.36. The monoisotopic (exact) mass is 391 g/mol. The molecule has 4 atom stereocenters. The van der Waals surface area contributed by atoms with Gasteiger partial charge in [-0.05, 0) is 61.9 Å². The van der Waals surface area contributed by atoms with Crippen molar-refractivity contribution in [2.75, 3.05) is 5.32 Å². The number of carbonyl (C=O) groups is 2. The number of hydrogen-bond donors (Lipinski definition) is 3. The van der Waals surface area contributed by atoms with E-state index in [9.17, 15) is 9.59 Å². The van der Waals surface area contributed by atoms with E-state index in [2.05, 4.69) is 16.0 Å². The van der Waals surface area contributed by atoms with Crippen LogP contribution in [-0.4, -0.2) is 23.9 Å². The van der Waals surface area contributed by atoms with Gasteiger partial charge in [0.2, 0.25) is 5.91 Å². The van der Waals surface area contributed by atoms with Crippen LogP contribution in [0.4, 0.5) is 5.69 Å². The topological polar surface area (TPSA) is 70.2 Å². The van der Waals surface area contributed by atoms with Crippen molar-refractivity contribution in [2.24, 2.45) is 5.92 Å². The molecule has 2 aromatic carbocycles. The summed E-state index contributed by atoms with van der Waals surface area (Å²) in [5, 5.41) is 9.61. The molecule has 0 radical (unpaired) electrons. The van der Waals surface area contributed by atoms with Crippen molar-refractivity contribution < 1.29 is 9.59 Å². The molecule has 1 aliphatic carbocycles. The van der Waals surface area contributed by atoms with Crippen LogP contribution in [0.1, 0.15) is 61.0 Å². The van der Waals surface area contributed by atoms with Crippen LogP contribution in [0.5, 0.6) is 0 Å². The van der Waals surface area contributed by atoms with Gasteiger partial charge in [-0.15, -0.1) is 0 Å². The van der Waals surface area contributed by atoms with E-state index in [1.165, 1.54) is 25.7 Å². The Morgan fingerprint density at radius 1 is 1.03 bits per heavy atom. The van der Waals surface area contributed by atoms with Crippen LogP contribution in [0.25, 0.3) is 0 Å². The Hall–Kier alpha value is -2.66. The predicted molar refractivity (Wildman–Crippen MR) is 115 cm³/mol. The standard InChI is InChI=1S/C24H29N3O2/c1-16(25-24(29)22-15-19-10-5-6-13-21(19)27-22)18-11-7-12-20(14-18)26-23(28)17-8-3-2-4-9-17/h2-4,7-9,11-12,14,16,19,21-22,27H,5-6,10,13,15H2,1H3,(H,25,29)(H,26,28). The summed E-state index contributed by atoms with van der Waals surface area (Å²) in [5.74, 6) is 0.578. The van der Waals surface area contributed by atoms with Gasteiger partial charge in [0.05, 0.1) is 12.1 Å². The molecule has 2 aliphatic rings. The van der Waals surface area contributed by atoms with Crippen LogP contribution >= 0.6 is 0 Å². The van der Waals surface area contributed by atoms with Gasteiger partial charge in [0, 0.05) is 17.3 Å². The molecule has 4 unspecified atom stereocenters. The van der Waals surface area contributed by atoms with Gasteiger partial charge in [0.15, 0.2) is 0 Å². The van der Waals surface area contributed by atoms with Gasteiger partial charge < -0.3 is 16.0 Å². The molecule has 1 heterocycles. The number of carbonyl (C=O) groups excluding carboxylic acids is 2. The minimum atomic E-state index is -0.141. The van der Waals surface area contributed by atoms with Crippen LogP contribution in [0.15, 0.2) is 54.6 Å². The molecule has 2 fully saturated rings. The van der Waals surface area contributed by atoms with E-state index in [0.29, 0.717) is 17.5 Å². The van der Waals surface area contributed by atoms with Crippen LogP contribution < -0.4 is 16.0 Å². The van der Waals surface area contributed by atoms with Gasteiger partial charge >= 0.3 is 0 Å². The van der Waals surface area contributed by atoms with Crippen molar-refractivity contribution in [3.05, 3.63) is 65.7 Å². The van der Waals surface area contributed by atoms with Gasteiger partial charge in [-0.2, -0.15) is 0 Å². The second-order valence-corrected chi connectivity index (χ2v) is 8.28. The molecule has 29 heavy (non-hydrogen) atoms. The maximum Gasteiger partial charge on any atom is 0.255 e. The molecule has 152 valence electrons. The quantitative estimate of drug-likeness (QED) is 0.720. The summed E-state index contributed by atoms with van der Waals surface area (Å²) in [4.78, 5) is 25.2. The lowest BCUT2D eigenvalue weighted by molar-refractivity contribution is -0.123. The molecule has 2 amide bonds. The van der Waals surface area contributed by atoms with E-state index in [1.54, 1.807) is 12.1 Å². The van der Waals surface area contributed by atoms with Crippen molar-refractivity contribution in [1.82, 2.24) is 10.6 Å². The first-order valence-corrected chi connectivity index (χ1v) is 10.6. The highest BCUT2D eigenvalue weighted by Crippen LogP contribution is 2.33. The molecule has 0 aromatic heterocycles. The molecule has 3 N–H and O–H groups in total. The van der Waals surface area contributed by atoms with Crippen molar-refractivity contribution in [3.63, 3.8) is 0 Å². The van der Waals surface area contributed by atoms with Crippen LogP contribution in [0.3, 0.4) is 0 Å². The molecule has 0 bridgehead atoms. The summed E-state index contributed by atoms with van der Waals surface area (Å²) in [5.41, 5.74) is 2.31. The average Bonchev–Trinajstić information content (AvgIpc) is 3.19. The number of fused-ring (bicyclic) bond motifs is 1. The highest BCUT2D eigenvalue weighted by Gasteiger charge is 2.38. The number of rotatable bonds is 5. The van der Waals surface area contributed by atoms with Gasteiger partial charge in [0.25, 0.3) is 5.91 Å². The number of amides is 2. The van der Waals surface area contributed by atoms with Gasteiger partial charge in [-0.3, -0.25) is 9.59 Å². The first-order chi connectivity index (χ1) is 14.1. The van der Waals surface area contributed by atoms with E-state index in [-0.39, 0.29) is 23.9 Å². The van der Waals surface area contributed by atoms with E-state index < -0.39 is 0 Å². The van der Waals surface area contributed by atoms with E-state index in [0.717, 1.165) is 17.7 Å². The summed E-state index contributed by atoms with van der Waals surface area (Å²) in [7, 11) is 0. The number of anilines is 1. The summed E-state index contributed by atoms with van der Waals surface area (Å²) < 4.78 is 0. The van der Waals surface area contributed by atoms with Crippen LogP contribution in [-0.2, 0) is 4.79 Å². The first kappa shape index (κ1) is 19.6. The summed E-state index contributed by atoms with van der Waals surface area (Å²) in [6.07, 6.45) is 5.92. The maximum absolute atomic E-state index is 12.8. The zero-order valence-corrected chi connectivity index (χ0v) is 16.9. The average molecular weight is 392 g/mol. The maximum atomic E-state index is 12.8. The Bertz CT molecular complexity index is 853. The third-order valence-corrected chi connectivity index (χ3v) is 6.22.